The van der Waals surface area contributed by atoms with Crippen LogP contribution in [-0.4, -0.2) is 10.7 Å². The van der Waals surface area contributed by atoms with E-state index in [4.69, 9.17) is 4.74 Å². The topological polar surface area (TPSA) is 29.5 Å². The smallest absolute Gasteiger partial charge is 0.133 e. The predicted octanol–water partition coefficient (Wildman–Crippen LogP) is 1.89. The van der Waals surface area contributed by atoms with E-state index in [2.05, 4.69) is 0 Å². The number of para-hydroxylation sites is 1. The third kappa shape index (κ3) is 0.916. The largest absolute Gasteiger partial charge is 0.484 e. The first-order chi connectivity index (χ1) is 5.61. The highest BCUT2D eigenvalue weighted by molar-refractivity contribution is 5.40. The number of rotatable bonds is 0. The monoisotopic (exact) mass is 164 g/mol. The molecule has 0 amide bonds. The Kier molecular flexibility index (Phi) is 1.42. The standard InChI is InChI=1S/C10H12O2/c1-10(2)9(11)7-5-3-4-6-8(7)12-10/h3-6,9,11H,1-2H3/t9-/m1/s1. The normalized spacial score (nSPS) is 24.8. The molecule has 1 aromatic rings. The maximum absolute atomic E-state index is 9.78. The average Bonchev–Trinajstić information content (AvgIpc) is 2.24. The van der Waals surface area contributed by atoms with Crippen LogP contribution >= 0.6 is 0 Å². The van der Waals surface area contributed by atoms with Crippen molar-refractivity contribution in [3.8, 4) is 5.75 Å². The molecule has 0 aliphatic carbocycles. The summed E-state index contributed by atoms with van der Waals surface area (Å²) in [4.78, 5) is 0. The van der Waals surface area contributed by atoms with Gasteiger partial charge in [0.25, 0.3) is 0 Å². The molecule has 1 heterocycles. The Balaban J connectivity index is 2.49. The molecule has 0 spiro atoms. The second kappa shape index (κ2) is 2.23. The molecule has 1 aliphatic heterocycles. The van der Waals surface area contributed by atoms with Crippen molar-refractivity contribution in [2.45, 2.75) is 25.6 Å². The van der Waals surface area contributed by atoms with Crippen LogP contribution in [0.3, 0.4) is 0 Å². The van der Waals surface area contributed by atoms with Crippen molar-refractivity contribution >= 4 is 0 Å². The van der Waals surface area contributed by atoms with Crippen LogP contribution in [0.2, 0.25) is 0 Å². The second-order valence-electron chi connectivity index (χ2n) is 3.65. The van der Waals surface area contributed by atoms with Crippen LogP contribution in [-0.2, 0) is 0 Å². The van der Waals surface area contributed by atoms with E-state index in [1.807, 2.05) is 38.1 Å². The van der Waals surface area contributed by atoms with Crippen LogP contribution in [0.5, 0.6) is 5.75 Å². The van der Waals surface area contributed by atoms with E-state index in [-0.39, 0.29) is 0 Å². The lowest BCUT2D eigenvalue weighted by Gasteiger charge is -2.21. The van der Waals surface area contributed by atoms with Gasteiger partial charge in [0.2, 0.25) is 0 Å². The van der Waals surface area contributed by atoms with Gasteiger partial charge in [0.05, 0.1) is 0 Å². The highest BCUT2D eigenvalue weighted by atomic mass is 16.5. The lowest BCUT2D eigenvalue weighted by atomic mass is 9.98. The van der Waals surface area contributed by atoms with E-state index >= 15 is 0 Å². The summed E-state index contributed by atoms with van der Waals surface area (Å²) < 4.78 is 5.56. The summed E-state index contributed by atoms with van der Waals surface area (Å²) in [5.74, 6) is 0.801. The summed E-state index contributed by atoms with van der Waals surface area (Å²) in [6, 6.07) is 7.60. The van der Waals surface area contributed by atoms with Gasteiger partial charge >= 0.3 is 0 Å². The molecule has 1 atom stereocenters. The number of hydrogen-bond acceptors (Lipinski definition) is 2. The minimum Gasteiger partial charge on any atom is -0.484 e. The van der Waals surface area contributed by atoms with Gasteiger partial charge in [-0.3, -0.25) is 0 Å². The van der Waals surface area contributed by atoms with E-state index in [0.717, 1.165) is 11.3 Å². The van der Waals surface area contributed by atoms with Crippen LogP contribution in [0.15, 0.2) is 24.3 Å². The van der Waals surface area contributed by atoms with Crippen molar-refractivity contribution in [2.24, 2.45) is 0 Å². The molecule has 2 heteroatoms. The summed E-state index contributed by atoms with van der Waals surface area (Å²) in [6.07, 6.45) is -0.506. The van der Waals surface area contributed by atoms with Crippen LogP contribution in [0.4, 0.5) is 0 Å². The van der Waals surface area contributed by atoms with E-state index in [0.29, 0.717) is 0 Å². The molecular formula is C10H12O2. The quantitative estimate of drug-likeness (QED) is 0.634. The summed E-state index contributed by atoms with van der Waals surface area (Å²) >= 11 is 0. The Morgan fingerprint density at radius 3 is 2.67 bits per heavy atom. The van der Waals surface area contributed by atoms with Crippen molar-refractivity contribution in [3.63, 3.8) is 0 Å². The summed E-state index contributed by atoms with van der Waals surface area (Å²) in [6.45, 7) is 3.77. The summed E-state index contributed by atoms with van der Waals surface area (Å²) in [5.41, 5.74) is 0.409. The zero-order valence-corrected chi connectivity index (χ0v) is 7.24. The molecule has 12 heavy (non-hydrogen) atoms. The zero-order chi connectivity index (χ0) is 8.77. The van der Waals surface area contributed by atoms with Gasteiger partial charge in [0.1, 0.15) is 17.5 Å². The zero-order valence-electron chi connectivity index (χ0n) is 7.24. The number of aliphatic hydroxyl groups is 1. The molecule has 2 rings (SSSR count). The molecule has 0 fully saturated rings. The minimum atomic E-state index is -0.506. The summed E-state index contributed by atoms with van der Waals surface area (Å²) in [7, 11) is 0. The van der Waals surface area contributed by atoms with Crippen LogP contribution < -0.4 is 4.74 Å². The lowest BCUT2D eigenvalue weighted by Crippen LogP contribution is -2.29. The fourth-order valence-corrected chi connectivity index (χ4v) is 1.51. The Hall–Kier alpha value is -1.02. The van der Waals surface area contributed by atoms with Crippen molar-refractivity contribution in [1.29, 1.82) is 0 Å². The number of fused-ring (bicyclic) bond motifs is 1. The molecule has 0 saturated heterocycles. The first-order valence-corrected chi connectivity index (χ1v) is 4.07. The highest BCUT2D eigenvalue weighted by Crippen LogP contribution is 2.42. The van der Waals surface area contributed by atoms with Crippen LogP contribution in [0.1, 0.15) is 25.5 Å². The van der Waals surface area contributed by atoms with E-state index in [1.165, 1.54) is 0 Å². The molecule has 1 aromatic carbocycles. The Morgan fingerprint density at radius 1 is 1.33 bits per heavy atom. The van der Waals surface area contributed by atoms with Gasteiger partial charge in [-0.2, -0.15) is 0 Å². The molecule has 0 radical (unpaired) electrons. The van der Waals surface area contributed by atoms with Crippen LogP contribution in [0.25, 0.3) is 0 Å². The van der Waals surface area contributed by atoms with Gasteiger partial charge in [0, 0.05) is 5.56 Å². The minimum absolute atomic E-state index is 0.482. The van der Waals surface area contributed by atoms with Crippen LogP contribution in [0, 0.1) is 0 Å². The third-order valence-corrected chi connectivity index (χ3v) is 2.25. The third-order valence-electron chi connectivity index (χ3n) is 2.25. The first-order valence-electron chi connectivity index (χ1n) is 4.07. The predicted molar refractivity (Wildman–Crippen MR) is 46.1 cm³/mol. The molecule has 0 saturated carbocycles. The average molecular weight is 164 g/mol. The molecule has 0 aromatic heterocycles. The molecule has 2 nitrogen and oxygen atoms in total. The number of aliphatic hydroxyl groups excluding tert-OH is 1. The number of hydrogen-bond donors (Lipinski definition) is 1. The summed E-state index contributed by atoms with van der Waals surface area (Å²) in [5, 5.41) is 9.78. The molecule has 64 valence electrons. The molecule has 1 aliphatic rings. The fourth-order valence-electron chi connectivity index (χ4n) is 1.51. The maximum Gasteiger partial charge on any atom is 0.133 e. The van der Waals surface area contributed by atoms with Crippen molar-refractivity contribution in [1.82, 2.24) is 0 Å². The number of benzene rings is 1. The second-order valence-corrected chi connectivity index (χ2v) is 3.65. The number of ether oxygens (including phenoxy) is 1. The van der Waals surface area contributed by atoms with Gasteiger partial charge in [-0.05, 0) is 19.9 Å². The van der Waals surface area contributed by atoms with Gasteiger partial charge in [-0.1, -0.05) is 18.2 Å². The Labute approximate surface area is 71.8 Å². The van der Waals surface area contributed by atoms with Gasteiger partial charge in [0.15, 0.2) is 0 Å². The van der Waals surface area contributed by atoms with Crippen molar-refractivity contribution in [3.05, 3.63) is 29.8 Å². The molecule has 0 unspecified atom stereocenters. The Bertz CT molecular complexity index is 304. The Morgan fingerprint density at radius 2 is 2.00 bits per heavy atom. The van der Waals surface area contributed by atoms with Crippen molar-refractivity contribution in [2.75, 3.05) is 0 Å². The molecule has 1 N–H and O–H groups in total. The maximum atomic E-state index is 9.78. The van der Waals surface area contributed by atoms with Crippen molar-refractivity contribution < 1.29 is 9.84 Å². The SMILES string of the molecule is CC1(C)Oc2ccccc2[C@H]1O. The van der Waals surface area contributed by atoms with Gasteiger partial charge < -0.3 is 9.84 Å². The van der Waals surface area contributed by atoms with E-state index < -0.39 is 11.7 Å². The molecular weight excluding hydrogens is 152 g/mol. The fraction of sp³-hybridized carbons (Fsp3) is 0.400. The molecule has 0 bridgehead atoms. The first kappa shape index (κ1) is 7.62. The van der Waals surface area contributed by atoms with Gasteiger partial charge in [-0.15, -0.1) is 0 Å². The lowest BCUT2D eigenvalue weighted by molar-refractivity contribution is 0.000556. The van der Waals surface area contributed by atoms with Gasteiger partial charge in [-0.25, -0.2) is 0 Å². The highest BCUT2D eigenvalue weighted by Gasteiger charge is 2.39. The van der Waals surface area contributed by atoms with E-state index in [1.54, 1.807) is 0 Å². The van der Waals surface area contributed by atoms with E-state index in [9.17, 15) is 5.11 Å².